The van der Waals surface area contributed by atoms with Gasteiger partial charge in [-0.3, -0.25) is 19.6 Å². The van der Waals surface area contributed by atoms with E-state index in [1.165, 1.54) is 10.9 Å². The second-order valence-corrected chi connectivity index (χ2v) is 5.71. The first-order valence-corrected chi connectivity index (χ1v) is 6.93. The molecular formula is C13H23N5O3. The zero-order chi connectivity index (χ0) is 16.3. The largest absolute Gasteiger partial charge is 0.352 e. The van der Waals surface area contributed by atoms with Crippen LogP contribution in [0.1, 0.15) is 40.5 Å². The van der Waals surface area contributed by atoms with Crippen LogP contribution in [0.3, 0.4) is 0 Å². The summed E-state index contributed by atoms with van der Waals surface area (Å²) < 4.78 is 1.29. The average Bonchev–Trinajstić information content (AvgIpc) is 2.95. The van der Waals surface area contributed by atoms with Gasteiger partial charge in [0.2, 0.25) is 5.91 Å². The van der Waals surface area contributed by atoms with Crippen molar-refractivity contribution < 1.29 is 9.72 Å². The summed E-state index contributed by atoms with van der Waals surface area (Å²) >= 11 is 0. The molecule has 0 aliphatic rings. The first-order chi connectivity index (χ1) is 9.66. The number of aromatic nitrogens is 2. The molecule has 1 aromatic rings. The van der Waals surface area contributed by atoms with Gasteiger partial charge in [-0.1, -0.05) is 13.8 Å². The van der Waals surface area contributed by atoms with E-state index in [-0.39, 0.29) is 11.6 Å². The SMILES string of the molecule is CCC(N)(CC)CNC(=O)C(C)(C)n1cc([N+](=O)[O-])cn1. The maximum absolute atomic E-state index is 12.3. The Morgan fingerprint density at radius 2 is 2.05 bits per heavy atom. The molecule has 3 N–H and O–H groups in total. The van der Waals surface area contributed by atoms with Crippen LogP contribution in [-0.2, 0) is 10.3 Å². The third-order valence-corrected chi connectivity index (χ3v) is 3.92. The zero-order valence-corrected chi connectivity index (χ0v) is 12.9. The third kappa shape index (κ3) is 3.78. The number of nitro groups is 1. The van der Waals surface area contributed by atoms with Gasteiger partial charge in [0.1, 0.15) is 17.9 Å². The molecule has 8 nitrogen and oxygen atoms in total. The molecule has 1 heterocycles. The van der Waals surface area contributed by atoms with E-state index in [0.29, 0.717) is 6.54 Å². The summed E-state index contributed by atoms with van der Waals surface area (Å²) in [6.07, 6.45) is 3.87. The predicted octanol–water partition coefficient (Wildman–Crippen LogP) is 1.16. The minimum atomic E-state index is -1.03. The van der Waals surface area contributed by atoms with Gasteiger partial charge in [-0.05, 0) is 26.7 Å². The average molecular weight is 297 g/mol. The summed E-state index contributed by atoms with van der Waals surface area (Å²) in [7, 11) is 0. The standard InChI is InChI=1S/C13H23N5O3/c1-5-13(14,6-2)9-15-11(19)12(3,4)17-8-10(7-16-17)18(20)21/h7-8H,5-6,9,14H2,1-4H3,(H,15,19). The van der Waals surface area contributed by atoms with Gasteiger partial charge in [-0.15, -0.1) is 0 Å². The number of nitrogens with one attached hydrogen (secondary N) is 1. The van der Waals surface area contributed by atoms with Crippen LogP contribution in [-0.4, -0.2) is 32.7 Å². The smallest absolute Gasteiger partial charge is 0.307 e. The number of amides is 1. The minimum Gasteiger partial charge on any atom is -0.352 e. The lowest BCUT2D eigenvalue weighted by atomic mass is 9.93. The molecule has 0 aliphatic heterocycles. The molecule has 0 atom stereocenters. The topological polar surface area (TPSA) is 116 Å². The lowest BCUT2D eigenvalue weighted by molar-refractivity contribution is -0.385. The van der Waals surface area contributed by atoms with E-state index in [1.807, 2.05) is 13.8 Å². The van der Waals surface area contributed by atoms with Crippen LogP contribution in [0.5, 0.6) is 0 Å². The van der Waals surface area contributed by atoms with Gasteiger partial charge < -0.3 is 11.1 Å². The number of hydrogen-bond donors (Lipinski definition) is 2. The quantitative estimate of drug-likeness (QED) is 0.578. The van der Waals surface area contributed by atoms with Gasteiger partial charge in [-0.25, -0.2) is 0 Å². The monoisotopic (exact) mass is 297 g/mol. The fourth-order valence-corrected chi connectivity index (χ4v) is 1.79. The molecule has 21 heavy (non-hydrogen) atoms. The molecule has 0 saturated heterocycles. The number of nitrogens with two attached hydrogens (primary N) is 1. The molecule has 8 heteroatoms. The fourth-order valence-electron chi connectivity index (χ4n) is 1.79. The van der Waals surface area contributed by atoms with Crippen LogP contribution < -0.4 is 11.1 Å². The van der Waals surface area contributed by atoms with E-state index in [0.717, 1.165) is 19.0 Å². The summed E-state index contributed by atoms with van der Waals surface area (Å²) in [5, 5.41) is 17.4. The van der Waals surface area contributed by atoms with E-state index < -0.39 is 16.0 Å². The van der Waals surface area contributed by atoms with Gasteiger partial charge in [-0.2, -0.15) is 5.10 Å². The molecule has 1 aromatic heterocycles. The lowest BCUT2D eigenvalue weighted by Crippen LogP contribution is -2.53. The Kier molecular flexibility index (Phi) is 5.06. The molecule has 0 saturated carbocycles. The molecule has 1 amide bonds. The van der Waals surface area contributed by atoms with Crippen LogP contribution in [0.2, 0.25) is 0 Å². The highest BCUT2D eigenvalue weighted by atomic mass is 16.6. The van der Waals surface area contributed by atoms with Crippen molar-refractivity contribution >= 4 is 11.6 Å². The highest BCUT2D eigenvalue weighted by Crippen LogP contribution is 2.19. The molecule has 0 radical (unpaired) electrons. The first kappa shape index (κ1) is 17.1. The van der Waals surface area contributed by atoms with Gasteiger partial charge in [0.15, 0.2) is 0 Å². The number of rotatable bonds is 7. The first-order valence-electron chi connectivity index (χ1n) is 6.93. The van der Waals surface area contributed by atoms with E-state index in [1.54, 1.807) is 13.8 Å². The Bertz CT molecular complexity index is 520. The van der Waals surface area contributed by atoms with Gasteiger partial charge in [0, 0.05) is 12.1 Å². The number of nitrogens with zero attached hydrogens (tertiary/aromatic N) is 3. The highest BCUT2D eigenvalue weighted by molar-refractivity contribution is 5.83. The second kappa shape index (κ2) is 6.21. The molecule has 0 aromatic carbocycles. The Hall–Kier alpha value is -1.96. The fraction of sp³-hybridized carbons (Fsp3) is 0.692. The van der Waals surface area contributed by atoms with Crippen molar-refractivity contribution in [2.24, 2.45) is 5.73 Å². The molecule has 0 fully saturated rings. The summed E-state index contributed by atoms with van der Waals surface area (Å²) in [6, 6.07) is 0. The van der Waals surface area contributed by atoms with Gasteiger partial charge in [0.25, 0.3) is 0 Å². The van der Waals surface area contributed by atoms with Crippen molar-refractivity contribution in [3.63, 3.8) is 0 Å². The number of carbonyl (C=O) groups is 1. The van der Waals surface area contributed by atoms with E-state index in [9.17, 15) is 14.9 Å². The van der Waals surface area contributed by atoms with Crippen LogP contribution in [0.4, 0.5) is 5.69 Å². The Balaban J connectivity index is 2.81. The van der Waals surface area contributed by atoms with E-state index >= 15 is 0 Å². The number of carbonyl (C=O) groups excluding carboxylic acids is 1. The summed E-state index contributed by atoms with van der Waals surface area (Å²) in [6.45, 7) is 7.59. The van der Waals surface area contributed by atoms with Crippen molar-refractivity contribution in [2.45, 2.75) is 51.6 Å². The second-order valence-electron chi connectivity index (χ2n) is 5.71. The summed E-state index contributed by atoms with van der Waals surface area (Å²) in [4.78, 5) is 22.5. The predicted molar refractivity (Wildman–Crippen MR) is 78.7 cm³/mol. The molecule has 0 aliphatic carbocycles. The van der Waals surface area contributed by atoms with Crippen LogP contribution in [0, 0.1) is 10.1 Å². The normalized spacial score (nSPS) is 12.2. The van der Waals surface area contributed by atoms with Crippen LogP contribution in [0.25, 0.3) is 0 Å². The molecule has 0 spiro atoms. The zero-order valence-electron chi connectivity index (χ0n) is 12.9. The third-order valence-electron chi connectivity index (χ3n) is 3.92. The van der Waals surface area contributed by atoms with Crippen molar-refractivity contribution in [1.82, 2.24) is 15.1 Å². The van der Waals surface area contributed by atoms with Crippen molar-refractivity contribution in [3.8, 4) is 0 Å². The molecule has 118 valence electrons. The summed E-state index contributed by atoms with van der Waals surface area (Å²) in [5.74, 6) is -0.280. The minimum absolute atomic E-state index is 0.147. The van der Waals surface area contributed by atoms with Crippen molar-refractivity contribution in [3.05, 3.63) is 22.5 Å². The van der Waals surface area contributed by atoms with Gasteiger partial charge >= 0.3 is 5.69 Å². The van der Waals surface area contributed by atoms with Crippen LogP contribution >= 0.6 is 0 Å². The summed E-state index contributed by atoms with van der Waals surface area (Å²) in [5.41, 5.74) is 4.52. The van der Waals surface area contributed by atoms with E-state index in [4.69, 9.17) is 5.73 Å². The Morgan fingerprint density at radius 3 is 2.48 bits per heavy atom. The maximum Gasteiger partial charge on any atom is 0.307 e. The van der Waals surface area contributed by atoms with E-state index in [2.05, 4.69) is 10.4 Å². The van der Waals surface area contributed by atoms with Gasteiger partial charge in [0.05, 0.1) is 4.92 Å². The lowest BCUT2D eigenvalue weighted by Gasteiger charge is -2.30. The molecule has 0 unspecified atom stereocenters. The maximum atomic E-state index is 12.3. The molecule has 0 bridgehead atoms. The number of hydrogen-bond acceptors (Lipinski definition) is 5. The molecule has 1 rings (SSSR count). The van der Waals surface area contributed by atoms with Crippen molar-refractivity contribution in [1.29, 1.82) is 0 Å². The van der Waals surface area contributed by atoms with Crippen LogP contribution in [0.15, 0.2) is 12.4 Å². The molecular weight excluding hydrogens is 274 g/mol. The Labute approximate surface area is 123 Å². The highest BCUT2D eigenvalue weighted by Gasteiger charge is 2.33. The van der Waals surface area contributed by atoms with Crippen molar-refractivity contribution in [2.75, 3.05) is 6.54 Å². The Morgan fingerprint density at radius 1 is 1.48 bits per heavy atom.